The van der Waals surface area contributed by atoms with Gasteiger partial charge < -0.3 is 22.1 Å². The summed E-state index contributed by atoms with van der Waals surface area (Å²) in [5, 5.41) is 0.525. The summed E-state index contributed by atoms with van der Waals surface area (Å²) in [4.78, 5) is 11.0. The van der Waals surface area contributed by atoms with Crippen LogP contribution in [0.15, 0.2) is 41.7 Å². The Morgan fingerprint density at radius 1 is 1.17 bits per heavy atom. The molecule has 0 amide bonds. The average Bonchev–Trinajstić information content (AvgIpc) is 2.95. The van der Waals surface area contributed by atoms with Crippen LogP contribution in [-0.4, -0.2) is 32.4 Å². The van der Waals surface area contributed by atoms with Gasteiger partial charge >= 0.3 is 29.6 Å². The molecule has 2 aromatic rings. The molecule has 1 aliphatic heterocycles. The molecule has 4 rings (SSSR count). The number of hydrogen-bond donors (Lipinski definition) is 1. The summed E-state index contributed by atoms with van der Waals surface area (Å²) in [6.45, 7) is 7.90. The van der Waals surface area contributed by atoms with Crippen molar-refractivity contribution >= 4 is 29.8 Å². The summed E-state index contributed by atoms with van der Waals surface area (Å²) in [5.74, 6) is 0.890. The van der Waals surface area contributed by atoms with Crippen LogP contribution < -0.4 is 39.2 Å². The van der Waals surface area contributed by atoms with Crippen LogP contribution in [0.2, 0.25) is 0 Å². The van der Waals surface area contributed by atoms with Crippen molar-refractivity contribution in [3.63, 3.8) is 0 Å². The SMILES string of the molecule is CC(C)(C)[S@+]([O-])N[C@@H]1c2ccccc2CC12CCN(c1cnc([S-])cn1)CC2.[Na+]. The fourth-order valence-corrected chi connectivity index (χ4v) is 5.43. The maximum atomic E-state index is 12.9. The molecule has 0 radical (unpaired) electrons. The molecule has 1 spiro atoms. The van der Waals surface area contributed by atoms with Crippen molar-refractivity contribution in [2.24, 2.45) is 5.41 Å². The number of nitrogens with one attached hydrogen (secondary N) is 1. The Labute approximate surface area is 204 Å². The monoisotopic (exact) mass is 438 g/mol. The van der Waals surface area contributed by atoms with Crippen LogP contribution in [-0.2, 0) is 30.4 Å². The molecule has 1 fully saturated rings. The number of piperidine rings is 1. The second kappa shape index (κ2) is 8.99. The normalized spacial score (nSPS) is 21.5. The van der Waals surface area contributed by atoms with Gasteiger partial charge in [0.25, 0.3) is 0 Å². The van der Waals surface area contributed by atoms with E-state index < -0.39 is 11.4 Å². The molecule has 1 aliphatic carbocycles. The first-order valence-electron chi connectivity index (χ1n) is 9.78. The van der Waals surface area contributed by atoms with E-state index in [0.717, 1.165) is 38.2 Å². The molecule has 2 heterocycles. The molecule has 29 heavy (non-hydrogen) atoms. The largest absolute Gasteiger partial charge is 1.00 e. The van der Waals surface area contributed by atoms with Crippen molar-refractivity contribution in [2.75, 3.05) is 18.0 Å². The van der Waals surface area contributed by atoms with E-state index in [0.29, 0.717) is 5.03 Å². The third-order valence-corrected chi connectivity index (χ3v) is 7.77. The molecule has 2 aliphatic rings. The molecule has 0 saturated carbocycles. The fourth-order valence-electron chi connectivity index (χ4n) is 4.38. The number of hydrogen-bond acceptors (Lipinski definition) is 6. The van der Waals surface area contributed by atoms with E-state index in [1.165, 1.54) is 11.1 Å². The van der Waals surface area contributed by atoms with Crippen molar-refractivity contribution in [3.05, 3.63) is 47.8 Å². The van der Waals surface area contributed by atoms with Crippen molar-refractivity contribution in [1.29, 1.82) is 0 Å². The van der Waals surface area contributed by atoms with Gasteiger partial charge in [0.1, 0.15) is 10.6 Å². The zero-order valence-electron chi connectivity index (χ0n) is 17.6. The Kier molecular flexibility index (Phi) is 7.21. The van der Waals surface area contributed by atoms with Crippen molar-refractivity contribution in [3.8, 4) is 0 Å². The molecule has 150 valence electrons. The predicted octanol–water partition coefficient (Wildman–Crippen LogP) is 0.322. The Hall–Kier alpha value is -0.410. The van der Waals surface area contributed by atoms with Gasteiger partial charge in [0.05, 0.1) is 12.2 Å². The number of rotatable bonds is 3. The Balaban J connectivity index is 0.00000240. The van der Waals surface area contributed by atoms with Crippen molar-refractivity contribution in [1.82, 2.24) is 14.7 Å². The van der Waals surface area contributed by atoms with Gasteiger partial charge in [-0.3, -0.25) is 4.98 Å². The summed E-state index contributed by atoms with van der Waals surface area (Å²) in [6.07, 6.45) is 6.51. The van der Waals surface area contributed by atoms with E-state index in [1.807, 2.05) is 20.8 Å². The van der Waals surface area contributed by atoms with Crippen LogP contribution in [0.1, 0.15) is 50.8 Å². The van der Waals surface area contributed by atoms with E-state index in [4.69, 9.17) is 12.6 Å². The standard InChI is InChI=1S/C21H28N4OS2.Na/c1-20(2,3)28(26)24-19-16-7-5-4-6-15(16)12-21(19)8-10-25(11-9-21)17-13-23-18(27)14-22-17;/h4-7,13-14,19,24H,8-12H2,1-3H3,(H,23,27);/q;+1/p-1/t19-,28+;/m1./s1. The second-order valence-corrected chi connectivity index (χ2v) is 11.3. The van der Waals surface area contributed by atoms with E-state index in [-0.39, 0.29) is 45.8 Å². The number of aromatic nitrogens is 2. The van der Waals surface area contributed by atoms with E-state index in [2.05, 4.69) is 43.9 Å². The zero-order chi connectivity index (χ0) is 19.9. The molecule has 5 nitrogen and oxygen atoms in total. The van der Waals surface area contributed by atoms with Gasteiger partial charge in [0, 0.05) is 36.1 Å². The van der Waals surface area contributed by atoms with Crippen LogP contribution in [0.4, 0.5) is 5.82 Å². The Bertz CT molecular complexity index is 835. The smallest absolute Gasteiger partial charge is 0.759 e. The minimum Gasteiger partial charge on any atom is -0.759 e. The number of nitrogens with zero attached hydrogens (tertiary/aromatic N) is 3. The topological polar surface area (TPSA) is 64.1 Å². The average molecular weight is 439 g/mol. The molecular weight excluding hydrogens is 411 g/mol. The van der Waals surface area contributed by atoms with E-state index in [1.54, 1.807) is 12.4 Å². The summed E-state index contributed by atoms with van der Waals surface area (Å²) in [6, 6.07) is 8.73. The van der Waals surface area contributed by atoms with Crippen LogP contribution in [0, 0.1) is 5.41 Å². The minimum atomic E-state index is -1.11. The van der Waals surface area contributed by atoms with Gasteiger partial charge in [-0.1, -0.05) is 29.3 Å². The number of anilines is 1. The van der Waals surface area contributed by atoms with E-state index in [9.17, 15) is 4.55 Å². The Morgan fingerprint density at radius 3 is 2.48 bits per heavy atom. The number of benzene rings is 1. The summed E-state index contributed by atoms with van der Waals surface area (Å²) < 4.78 is 16.2. The van der Waals surface area contributed by atoms with Gasteiger partial charge in [0.2, 0.25) is 0 Å². The van der Waals surface area contributed by atoms with Gasteiger partial charge in [-0.15, -0.1) is 4.72 Å². The molecule has 0 unspecified atom stereocenters. The Morgan fingerprint density at radius 2 is 1.86 bits per heavy atom. The molecule has 1 aromatic heterocycles. The summed E-state index contributed by atoms with van der Waals surface area (Å²) in [5.41, 5.74) is 2.78. The van der Waals surface area contributed by atoms with Crippen LogP contribution in [0.5, 0.6) is 0 Å². The molecule has 1 N–H and O–H groups in total. The van der Waals surface area contributed by atoms with Gasteiger partial charge in [-0.2, -0.15) is 0 Å². The minimum absolute atomic E-state index is 0. The molecule has 2 atom stereocenters. The van der Waals surface area contributed by atoms with Gasteiger partial charge in [0.15, 0.2) is 0 Å². The van der Waals surface area contributed by atoms with Gasteiger partial charge in [-0.25, -0.2) is 4.98 Å². The maximum absolute atomic E-state index is 12.9. The van der Waals surface area contributed by atoms with Crippen LogP contribution in [0.25, 0.3) is 0 Å². The van der Waals surface area contributed by atoms with Gasteiger partial charge in [-0.05, 0) is 51.2 Å². The second-order valence-electron chi connectivity index (χ2n) is 8.87. The first-order chi connectivity index (χ1) is 13.3. The first-order valence-corrected chi connectivity index (χ1v) is 11.3. The van der Waals surface area contributed by atoms with Crippen LogP contribution in [0.3, 0.4) is 0 Å². The molecule has 0 bridgehead atoms. The maximum Gasteiger partial charge on any atom is 1.00 e. The quantitative estimate of drug-likeness (QED) is 0.423. The van der Waals surface area contributed by atoms with Crippen molar-refractivity contribution in [2.45, 2.75) is 55.8 Å². The van der Waals surface area contributed by atoms with Crippen molar-refractivity contribution < 1.29 is 34.1 Å². The summed E-state index contributed by atoms with van der Waals surface area (Å²) >= 11 is 3.94. The third-order valence-electron chi connectivity index (χ3n) is 6.00. The van der Waals surface area contributed by atoms with E-state index >= 15 is 0 Å². The van der Waals surface area contributed by atoms with Crippen LogP contribution >= 0.6 is 0 Å². The predicted molar refractivity (Wildman–Crippen MR) is 115 cm³/mol. The molecule has 1 saturated heterocycles. The molecule has 1 aromatic carbocycles. The molecular formula is C21H27N4NaOS2. The molecule has 8 heteroatoms. The summed E-state index contributed by atoms with van der Waals surface area (Å²) in [7, 11) is 0. The first kappa shape index (κ1) is 23.3. The third kappa shape index (κ3) is 4.76. The fraction of sp³-hybridized carbons (Fsp3) is 0.524. The zero-order valence-corrected chi connectivity index (χ0v) is 21.3. The number of fused-ring (bicyclic) bond motifs is 1.